The van der Waals surface area contributed by atoms with E-state index in [-0.39, 0.29) is 23.4 Å². The standard InChI is InChI=1S/C28H26N2O10/c31-16-8-6-14(7-9-16)28(39)40-22-5-2-10-29-13-18(22)30-26(36)17-3-1-4-19(32)23(17)25(35)24-20(33)11-15(27(37)38)12-21(24)34/h1,3-4,6-9,11-12,18,22,29,31-34H,2,5,10,13H2,(H,30,36)(H,37,38). The number of carbonyl (C=O) groups is 4. The number of phenolic OH excluding ortho intramolecular Hbond substituents is 4. The molecule has 2 unspecified atom stereocenters. The van der Waals surface area contributed by atoms with Crippen LogP contribution in [0.2, 0.25) is 0 Å². The Morgan fingerprint density at radius 2 is 1.52 bits per heavy atom. The molecular weight excluding hydrogens is 524 g/mol. The second-order valence-electron chi connectivity index (χ2n) is 9.14. The molecule has 7 N–H and O–H groups in total. The van der Waals surface area contributed by atoms with E-state index < -0.39 is 69.7 Å². The van der Waals surface area contributed by atoms with Crippen molar-refractivity contribution >= 4 is 23.6 Å². The molecule has 0 aliphatic carbocycles. The molecule has 1 aliphatic rings. The number of carboxylic acids is 1. The van der Waals surface area contributed by atoms with E-state index in [1.165, 1.54) is 36.4 Å². The Balaban J connectivity index is 1.61. The molecular formula is C28H26N2O10. The molecule has 1 aliphatic heterocycles. The Labute approximate surface area is 227 Å². The van der Waals surface area contributed by atoms with Crippen LogP contribution in [0.4, 0.5) is 0 Å². The lowest BCUT2D eigenvalue weighted by Gasteiger charge is -2.26. The summed E-state index contributed by atoms with van der Waals surface area (Å²) in [5, 5.41) is 55.6. The van der Waals surface area contributed by atoms with Gasteiger partial charge in [-0.05, 0) is 67.9 Å². The average molecular weight is 551 g/mol. The molecule has 1 saturated heterocycles. The lowest BCUT2D eigenvalue weighted by atomic mass is 9.94. The van der Waals surface area contributed by atoms with Crippen LogP contribution in [0.1, 0.15) is 59.8 Å². The minimum atomic E-state index is -1.45. The van der Waals surface area contributed by atoms with Gasteiger partial charge in [-0.15, -0.1) is 0 Å². The summed E-state index contributed by atoms with van der Waals surface area (Å²) in [5.41, 5.74) is -1.80. The summed E-state index contributed by atoms with van der Waals surface area (Å²) < 4.78 is 5.67. The smallest absolute Gasteiger partial charge is 0.338 e. The summed E-state index contributed by atoms with van der Waals surface area (Å²) in [6, 6.07) is 9.99. The molecule has 12 nitrogen and oxygen atoms in total. The lowest BCUT2D eigenvalue weighted by Crippen LogP contribution is -2.49. The molecule has 0 spiro atoms. The van der Waals surface area contributed by atoms with Gasteiger partial charge >= 0.3 is 11.9 Å². The number of hydrogen-bond donors (Lipinski definition) is 7. The van der Waals surface area contributed by atoms with Gasteiger partial charge in [0.05, 0.1) is 28.3 Å². The number of carboxylic acid groups (broad SMARTS) is 1. The highest BCUT2D eigenvalue weighted by Crippen LogP contribution is 2.34. The minimum absolute atomic E-state index is 0.0173. The highest BCUT2D eigenvalue weighted by molar-refractivity contribution is 6.19. The SMILES string of the molecule is O=C(O)c1cc(O)c(C(=O)c2c(O)cccc2C(=O)NC2CNCCCC2OC(=O)c2ccc(O)cc2)c(O)c1. The predicted molar refractivity (Wildman–Crippen MR) is 139 cm³/mol. The van der Waals surface area contributed by atoms with Crippen LogP contribution in [-0.2, 0) is 4.74 Å². The summed E-state index contributed by atoms with van der Waals surface area (Å²) in [6.07, 6.45) is 0.291. The Kier molecular flexibility index (Phi) is 8.20. The molecule has 208 valence electrons. The summed E-state index contributed by atoms with van der Waals surface area (Å²) in [4.78, 5) is 50.7. The maximum absolute atomic E-state index is 13.4. The normalized spacial score (nSPS) is 16.9. The van der Waals surface area contributed by atoms with E-state index in [1.54, 1.807) is 0 Å². The van der Waals surface area contributed by atoms with Crippen molar-refractivity contribution in [2.75, 3.05) is 13.1 Å². The van der Waals surface area contributed by atoms with Crippen LogP contribution in [0.3, 0.4) is 0 Å². The van der Waals surface area contributed by atoms with Crippen molar-refractivity contribution in [3.63, 3.8) is 0 Å². The van der Waals surface area contributed by atoms with E-state index in [4.69, 9.17) is 9.84 Å². The first-order chi connectivity index (χ1) is 19.1. The van der Waals surface area contributed by atoms with Gasteiger partial charge in [0.15, 0.2) is 0 Å². The van der Waals surface area contributed by atoms with E-state index >= 15 is 0 Å². The number of rotatable bonds is 7. The van der Waals surface area contributed by atoms with Gasteiger partial charge in [-0.2, -0.15) is 0 Å². The number of ether oxygens (including phenoxy) is 1. The molecule has 1 amide bonds. The molecule has 0 radical (unpaired) electrons. The van der Waals surface area contributed by atoms with Crippen LogP contribution in [0.25, 0.3) is 0 Å². The number of ketones is 1. The predicted octanol–water partition coefficient (Wildman–Crippen LogP) is 2.15. The van der Waals surface area contributed by atoms with E-state index in [2.05, 4.69) is 10.6 Å². The van der Waals surface area contributed by atoms with Crippen LogP contribution in [-0.4, -0.2) is 74.4 Å². The second-order valence-corrected chi connectivity index (χ2v) is 9.14. The van der Waals surface area contributed by atoms with Crippen LogP contribution >= 0.6 is 0 Å². The molecule has 40 heavy (non-hydrogen) atoms. The maximum atomic E-state index is 13.4. The van der Waals surface area contributed by atoms with Gasteiger partial charge in [-0.25, -0.2) is 9.59 Å². The molecule has 3 aromatic carbocycles. The van der Waals surface area contributed by atoms with Crippen LogP contribution in [0.5, 0.6) is 23.0 Å². The highest BCUT2D eigenvalue weighted by atomic mass is 16.5. The Morgan fingerprint density at radius 3 is 2.17 bits per heavy atom. The number of aromatic hydroxyl groups is 4. The van der Waals surface area contributed by atoms with Crippen molar-refractivity contribution in [2.45, 2.75) is 25.0 Å². The van der Waals surface area contributed by atoms with Gasteiger partial charge in [0.2, 0.25) is 5.78 Å². The van der Waals surface area contributed by atoms with Gasteiger partial charge in [0, 0.05) is 6.54 Å². The zero-order valence-electron chi connectivity index (χ0n) is 21.0. The molecule has 3 aromatic rings. The number of hydrogen-bond acceptors (Lipinski definition) is 10. The number of aromatic carboxylic acids is 1. The second kappa shape index (κ2) is 11.7. The van der Waals surface area contributed by atoms with Gasteiger partial charge in [0.1, 0.15) is 34.7 Å². The maximum Gasteiger partial charge on any atom is 0.338 e. The first-order valence-electron chi connectivity index (χ1n) is 12.2. The zero-order chi connectivity index (χ0) is 29.0. The fraction of sp³-hybridized carbons (Fsp3) is 0.214. The molecule has 4 rings (SSSR count). The number of benzene rings is 3. The topological polar surface area (TPSA) is 203 Å². The number of nitrogens with one attached hydrogen (secondary N) is 2. The summed E-state index contributed by atoms with van der Waals surface area (Å²) >= 11 is 0. The van der Waals surface area contributed by atoms with Crippen LogP contribution in [0.15, 0.2) is 54.6 Å². The van der Waals surface area contributed by atoms with Gasteiger partial charge in [-0.3, -0.25) is 9.59 Å². The third-order valence-corrected chi connectivity index (χ3v) is 6.42. The summed E-state index contributed by atoms with van der Waals surface area (Å²) in [5.74, 6) is -6.38. The Morgan fingerprint density at radius 1 is 0.850 bits per heavy atom. The Hall–Kier alpha value is -5.10. The summed E-state index contributed by atoms with van der Waals surface area (Å²) in [7, 11) is 0. The fourth-order valence-corrected chi connectivity index (χ4v) is 4.41. The third kappa shape index (κ3) is 5.97. The van der Waals surface area contributed by atoms with E-state index in [0.29, 0.717) is 19.4 Å². The molecule has 12 heteroatoms. The average Bonchev–Trinajstić information content (AvgIpc) is 3.12. The Bertz CT molecular complexity index is 1450. The number of carbonyl (C=O) groups excluding carboxylic acids is 3. The first-order valence-corrected chi connectivity index (χ1v) is 12.2. The van der Waals surface area contributed by atoms with Crippen molar-refractivity contribution in [1.82, 2.24) is 10.6 Å². The largest absolute Gasteiger partial charge is 0.508 e. The molecule has 2 atom stereocenters. The van der Waals surface area contributed by atoms with Crippen molar-refractivity contribution in [2.24, 2.45) is 0 Å². The lowest BCUT2D eigenvalue weighted by molar-refractivity contribution is 0.0192. The number of amides is 1. The highest BCUT2D eigenvalue weighted by Gasteiger charge is 2.32. The fourth-order valence-electron chi connectivity index (χ4n) is 4.41. The van der Waals surface area contributed by atoms with E-state index in [1.807, 2.05) is 0 Å². The van der Waals surface area contributed by atoms with Gasteiger partial charge in [-0.1, -0.05) is 6.07 Å². The van der Waals surface area contributed by atoms with E-state index in [0.717, 1.165) is 18.2 Å². The van der Waals surface area contributed by atoms with Crippen molar-refractivity contribution in [3.8, 4) is 23.0 Å². The third-order valence-electron chi connectivity index (χ3n) is 6.42. The number of phenols is 4. The van der Waals surface area contributed by atoms with Crippen LogP contribution < -0.4 is 10.6 Å². The van der Waals surface area contributed by atoms with Crippen molar-refractivity contribution < 1.29 is 49.4 Å². The molecule has 0 aromatic heterocycles. The molecule has 0 bridgehead atoms. The van der Waals surface area contributed by atoms with E-state index in [9.17, 15) is 39.6 Å². The zero-order valence-corrected chi connectivity index (χ0v) is 21.0. The summed E-state index contributed by atoms with van der Waals surface area (Å²) in [6.45, 7) is 0.819. The van der Waals surface area contributed by atoms with Crippen molar-refractivity contribution in [1.29, 1.82) is 0 Å². The monoisotopic (exact) mass is 550 g/mol. The van der Waals surface area contributed by atoms with Crippen molar-refractivity contribution in [3.05, 3.63) is 82.4 Å². The first kappa shape index (κ1) is 27.9. The quantitative estimate of drug-likeness (QED) is 0.168. The minimum Gasteiger partial charge on any atom is -0.508 e. The van der Waals surface area contributed by atoms with Gasteiger partial charge in [0.25, 0.3) is 5.91 Å². The molecule has 0 saturated carbocycles. The van der Waals surface area contributed by atoms with Crippen LogP contribution in [0, 0.1) is 0 Å². The number of esters is 1. The molecule has 1 fully saturated rings. The molecule has 1 heterocycles. The van der Waals surface area contributed by atoms with Gasteiger partial charge < -0.3 is 40.9 Å².